The second-order valence-electron chi connectivity index (χ2n) is 14.2. The Morgan fingerprint density at radius 2 is 1.65 bits per heavy atom. The number of aromatic amines is 1. The Labute approximate surface area is 321 Å². The number of likely N-dealkylation sites (N-methyl/N-ethyl adjacent to an activating group) is 1. The number of nitrogens with two attached hydrogens (primary N) is 2. The van der Waals surface area contributed by atoms with Gasteiger partial charge in [-0.1, -0.05) is 56.3 Å². The van der Waals surface area contributed by atoms with Crippen LogP contribution in [0.4, 0.5) is 0 Å². The van der Waals surface area contributed by atoms with Crippen LogP contribution in [-0.2, 0) is 32.0 Å². The van der Waals surface area contributed by atoms with Crippen molar-refractivity contribution in [1.29, 1.82) is 0 Å². The number of carbonyl (C=O) groups excluding carboxylic acids is 5. The van der Waals surface area contributed by atoms with Crippen molar-refractivity contribution in [1.82, 2.24) is 35.8 Å². The van der Waals surface area contributed by atoms with E-state index in [1.165, 1.54) is 24.5 Å². The number of rotatable bonds is 21. The van der Waals surface area contributed by atoms with Crippen LogP contribution in [0.5, 0.6) is 0 Å². The van der Waals surface area contributed by atoms with E-state index in [1.54, 1.807) is 24.5 Å². The Balaban J connectivity index is 1.60. The maximum Gasteiger partial charge on any atom is 0.253 e. The van der Waals surface area contributed by atoms with Gasteiger partial charge in [0.2, 0.25) is 23.6 Å². The minimum atomic E-state index is -1.34. The van der Waals surface area contributed by atoms with Crippen molar-refractivity contribution in [3.05, 3.63) is 96.3 Å². The first-order valence-electron chi connectivity index (χ1n) is 18.6. The molecular weight excluding hydrogens is 702 g/mol. The number of fused-ring (bicyclic) bond motifs is 1. The van der Waals surface area contributed by atoms with Crippen LogP contribution >= 0.6 is 0 Å². The molecule has 0 radical (unpaired) electrons. The van der Waals surface area contributed by atoms with Crippen molar-refractivity contribution in [2.75, 3.05) is 13.6 Å². The fourth-order valence-electron chi connectivity index (χ4n) is 6.50. The van der Waals surface area contributed by atoms with Gasteiger partial charge < -0.3 is 42.4 Å². The summed E-state index contributed by atoms with van der Waals surface area (Å²) in [5.74, 6) is -2.93. The summed E-state index contributed by atoms with van der Waals surface area (Å²) in [5.41, 5.74) is 12.7. The number of hydrogen-bond acceptors (Lipinski definition) is 9. The molecule has 294 valence electrons. The Morgan fingerprint density at radius 3 is 2.33 bits per heavy atom. The van der Waals surface area contributed by atoms with Gasteiger partial charge >= 0.3 is 0 Å². The molecule has 2 aromatic carbocycles. The number of hydrogen-bond donors (Lipinski definition) is 7. The first-order chi connectivity index (χ1) is 26.4. The zero-order chi connectivity index (χ0) is 39.9. The Hall–Kier alpha value is -5.67. The third kappa shape index (κ3) is 12.4. The number of benzene rings is 2. The maximum atomic E-state index is 14.6. The first-order valence-corrected chi connectivity index (χ1v) is 18.6. The molecule has 5 amide bonds. The number of H-pyrrole nitrogens is 1. The van der Waals surface area contributed by atoms with E-state index in [0.29, 0.717) is 37.9 Å². The number of carbonyl (C=O) groups is 5. The van der Waals surface area contributed by atoms with Crippen molar-refractivity contribution in [3.8, 4) is 0 Å². The van der Waals surface area contributed by atoms with E-state index in [0.717, 1.165) is 16.3 Å². The predicted molar refractivity (Wildman–Crippen MR) is 208 cm³/mol. The summed E-state index contributed by atoms with van der Waals surface area (Å²) in [4.78, 5) is 79.7. The molecule has 5 atom stereocenters. The highest BCUT2D eigenvalue weighted by molar-refractivity contribution is 5.98. The topological polar surface area (TPSA) is 239 Å². The zero-order valence-electron chi connectivity index (χ0n) is 31.6. The summed E-state index contributed by atoms with van der Waals surface area (Å²) >= 11 is 0. The summed E-state index contributed by atoms with van der Waals surface area (Å²) in [5, 5.41) is 21.6. The predicted octanol–water partition coefficient (Wildman–Crippen LogP) is 1.75. The lowest BCUT2D eigenvalue weighted by atomic mass is 9.95. The van der Waals surface area contributed by atoms with E-state index in [-0.39, 0.29) is 24.3 Å². The van der Waals surface area contributed by atoms with Gasteiger partial charge in [0.15, 0.2) is 0 Å². The lowest BCUT2D eigenvalue weighted by molar-refractivity contribution is -0.141. The molecule has 0 saturated heterocycles. The number of aliphatic hydroxyl groups excluding tert-OH is 1. The largest absolute Gasteiger partial charge is 0.390 e. The van der Waals surface area contributed by atoms with Gasteiger partial charge in [-0.15, -0.1) is 0 Å². The van der Waals surface area contributed by atoms with E-state index in [4.69, 9.17) is 11.5 Å². The summed E-state index contributed by atoms with van der Waals surface area (Å²) in [6, 6.07) is 12.7. The molecule has 15 heteroatoms. The van der Waals surface area contributed by atoms with E-state index >= 15 is 0 Å². The number of aromatic nitrogens is 3. The van der Waals surface area contributed by atoms with Crippen molar-refractivity contribution < 1.29 is 29.1 Å². The summed E-state index contributed by atoms with van der Waals surface area (Å²) in [7, 11) is 1.49. The maximum absolute atomic E-state index is 14.6. The van der Waals surface area contributed by atoms with Crippen LogP contribution in [0, 0.1) is 5.92 Å². The second-order valence-corrected chi connectivity index (χ2v) is 14.2. The molecule has 0 bridgehead atoms. The molecule has 2 aromatic heterocycles. The molecule has 4 aromatic rings. The van der Waals surface area contributed by atoms with Crippen LogP contribution in [0.1, 0.15) is 67.6 Å². The molecule has 0 fully saturated rings. The average molecular weight is 756 g/mol. The highest BCUT2D eigenvalue weighted by Crippen LogP contribution is 2.22. The number of amides is 5. The molecule has 4 rings (SSSR count). The number of nitrogens with one attached hydrogen (secondary N) is 4. The molecule has 0 spiro atoms. The van der Waals surface area contributed by atoms with E-state index in [1.807, 2.05) is 56.3 Å². The number of nitrogens with zero attached hydrogens (tertiary/aromatic N) is 3. The number of imidazole rings is 1. The zero-order valence-corrected chi connectivity index (χ0v) is 31.6. The van der Waals surface area contributed by atoms with Gasteiger partial charge in [-0.2, -0.15) is 0 Å². The van der Waals surface area contributed by atoms with Crippen LogP contribution in [0.2, 0.25) is 0 Å². The van der Waals surface area contributed by atoms with Crippen LogP contribution in [0.15, 0.2) is 79.5 Å². The first kappa shape index (κ1) is 42.1. The van der Waals surface area contributed by atoms with Gasteiger partial charge in [0, 0.05) is 44.2 Å². The quantitative estimate of drug-likeness (QED) is 0.0613. The SMILES string of the molecule is CC(C)C[C@H](NC(=O)[C@H](Cc1cnc[nH]1)N(C)C(=O)[C@H](Cc1cccc2ccccc12)NC(=O)c1cccnc1)[C@@H](O)CC(=O)N[C@@H](CCCCN)C(N)=O. The van der Waals surface area contributed by atoms with E-state index in [2.05, 4.69) is 30.9 Å². The van der Waals surface area contributed by atoms with E-state index < -0.39 is 66.2 Å². The van der Waals surface area contributed by atoms with Crippen LogP contribution in [-0.4, -0.2) is 98.4 Å². The average Bonchev–Trinajstić information content (AvgIpc) is 3.69. The molecule has 0 saturated carbocycles. The lowest BCUT2D eigenvalue weighted by Gasteiger charge is -2.33. The van der Waals surface area contributed by atoms with Crippen LogP contribution in [0.3, 0.4) is 0 Å². The van der Waals surface area contributed by atoms with Gasteiger partial charge in [-0.25, -0.2) is 4.98 Å². The van der Waals surface area contributed by atoms with Gasteiger partial charge in [-0.3, -0.25) is 29.0 Å². The Kier molecular flexibility index (Phi) is 15.8. The van der Waals surface area contributed by atoms with E-state index in [9.17, 15) is 29.1 Å². The highest BCUT2D eigenvalue weighted by Gasteiger charge is 2.35. The second kappa shape index (κ2) is 20.7. The van der Waals surface area contributed by atoms with Crippen molar-refractivity contribution in [3.63, 3.8) is 0 Å². The molecule has 0 aliphatic carbocycles. The third-order valence-corrected chi connectivity index (χ3v) is 9.45. The van der Waals surface area contributed by atoms with Crippen molar-refractivity contribution in [2.45, 2.75) is 89.1 Å². The van der Waals surface area contributed by atoms with Crippen molar-refractivity contribution >= 4 is 40.3 Å². The minimum absolute atomic E-state index is 0.00387. The lowest BCUT2D eigenvalue weighted by Crippen LogP contribution is -2.58. The third-order valence-electron chi connectivity index (χ3n) is 9.45. The van der Waals surface area contributed by atoms with Gasteiger partial charge in [0.05, 0.1) is 30.5 Å². The summed E-state index contributed by atoms with van der Waals surface area (Å²) in [6.45, 7) is 4.25. The molecule has 0 unspecified atom stereocenters. The molecular formula is C40H53N9O6. The van der Waals surface area contributed by atoms with Crippen molar-refractivity contribution in [2.24, 2.45) is 17.4 Å². The minimum Gasteiger partial charge on any atom is -0.390 e. The summed E-state index contributed by atoms with van der Waals surface area (Å²) < 4.78 is 0. The monoisotopic (exact) mass is 755 g/mol. The van der Waals surface area contributed by atoms with Crippen LogP contribution < -0.4 is 27.4 Å². The fourth-order valence-corrected chi connectivity index (χ4v) is 6.50. The number of pyridine rings is 1. The Bertz CT molecular complexity index is 1870. The number of aliphatic hydroxyl groups is 1. The fraction of sp³-hybridized carbons (Fsp3) is 0.425. The van der Waals surface area contributed by atoms with Gasteiger partial charge in [0.25, 0.3) is 5.91 Å². The van der Waals surface area contributed by atoms with Crippen LogP contribution in [0.25, 0.3) is 10.8 Å². The molecule has 0 aliphatic rings. The van der Waals surface area contributed by atoms with Gasteiger partial charge in [0.1, 0.15) is 18.1 Å². The molecule has 9 N–H and O–H groups in total. The Morgan fingerprint density at radius 1 is 0.891 bits per heavy atom. The molecule has 15 nitrogen and oxygen atoms in total. The summed E-state index contributed by atoms with van der Waals surface area (Å²) in [6.07, 6.45) is 6.20. The number of primary amides is 1. The molecule has 2 heterocycles. The molecule has 55 heavy (non-hydrogen) atoms. The normalized spacial score (nSPS) is 14.0. The van der Waals surface area contributed by atoms with Gasteiger partial charge in [-0.05, 0) is 66.6 Å². The standard InChI is InChI=1S/C40H53N9O6/c1-25(2)18-32(35(50)21-36(51)46-31(37(42)52)15-6-7-16-41)47-39(54)34(20-29-23-44-24-45-29)49(3)40(55)33(48-38(53)28-13-9-17-43-22-28)19-27-12-8-11-26-10-4-5-14-30(26)27/h4-5,8-14,17,22-25,31-35,50H,6-7,15-16,18-21,41H2,1-3H3,(H2,42,52)(H,44,45)(H,46,51)(H,47,54)(H,48,53)/t31-,32-,33-,34-,35-/m0/s1. The molecule has 0 aliphatic heterocycles. The number of unbranched alkanes of at least 4 members (excludes halogenated alkanes) is 1. The highest BCUT2D eigenvalue weighted by atomic mass is 16.3. The smallest absolute Gasteiger partial charge is 0.253 e.